The quantitative estimate of drug-likeness (QED) is 0.575. The molecule has 30 heavy (non-hydrogen) atoms. The van der Waals surface area contributed by atoms with Crippen molar-refractivity contribution < 1.29 is 13.5 Å². The molecule has 2 aromatic rings. The first-order valence-corrected chi connectivity index (χ1v) is 9.74. The van der Waals surface area contributed by atoms with Crippen molar-refractivity contribution in [3.8, 4) is 0 Å². The fourth-order valence-corrected chi connectivity index (χ4v) is 4.17. The van der Waals surface area contributed by atoms with Crippen LogP contribution < -0.4 is 11.5 Å². The predicted octanol–water partition coefficient (Wildman–Crippen LogP) is 1.23. The Kier molecular flexibility index (Phi) is 5.63. The molecule has 10 heteroatoms. The van der Waals surface area contributed by atoms with Crippen LogP contribution in [0.5, 0.6) is 0 Å². The molecule has 0 bridgehead atoms. The topological polar surface area (TPSA) is 107 Å². The molecule has 3 atom stereocenters. The maximum absolute atomic E-state index is 14.1. The Hall–Kier alpha value is -2.69. The largest absolute Gasteiger partial charge is 0.381 e. The van der Waals surface area contributed by atoms with Gasteiger partial charge < -0.3 is 20.8 Å². The summed E-state index contributed by atoms with van der Waals surface area (Å²) in [6, 6.07) is 2.97. The van der Waals surface area contributed by atoms with E-state index in [4.69, 9.17) is 16.2 Å². The highest BCUT2D eigenvalue weighted by Crippen LogP contribution is 2.34. The fraction of sp³-hybridized carbons (Fsp3) is 0.450. The molecule has 0 spiro atoms. The molecule has 2 aliphatic rings. The SMILES string of the molecule is CN=CN=C(N)c1nc2c(n1C)CN([C@H]1CO[C@H](c3cc(F)ccc3F)[C@@H](N)C1)C2. The Morgan fingerprint density at radius 3 is 2.83 bits per heavy atom. The third kappa shape index (κ3) is 3.73. The summed E-state index contributed by atoms with van der Waals surface area (Å²) in [4.78, 5) is 14.7. The predicted molar refractivity (Wildman–Crippen MR) is 109 cm³/mol. The maximum Gasteiger partial charge on any atom is 0.176 e. The van der Waals surface area contributed by atoms with Crippen molar-refractivity contribution in [2.45, 2.75) is 37.7 Å². The molecule has 4 N–H and O–H groups in total. The number of nitrogens with zero attached hydrogens (tertiary/aromatic N) is 5. The lowest BCUT2D eigenvalue weighted by molar-refractivity contribution is -0.0535. The van der Waals surface area contributed by atoms with E-state index in [1.807, 2.05) is 11.6 Å². The third-order valence-corrected chi connectivity index (χ3v) is 5.73. The summed E-state index contributed by atoms with van der Waals surface area (Å²) in [5, 5.41) is 0. The standard InChI is InChI=1S/C20H25F2N7O/c1-25-10-26-19(24)20-27-16-7-29(8-17(16)28(20)2)12-6-15(23)18(30-9-12)13-5-11(21)3-4-14(13)22/h3-5,10,12,15,18H,6-9,23H2,1-2H3,(H2,24,25,26)/t12-,15+,18-/m1/s1. The minimum absolute atomic E-state index is 0.0590. The van der Waals surface area contributed by atoms with Gasteiger partial charge in [-0.05, 0) is 24.6 Å². The summed E-state index contributed by atoms with van der Waals surface area (Å²) >= 11 is 0. The Labute approximate surface area is 173 Å². The van der Waals surface area contributed by atoms with Crippen molar-refractivity contribution in [3.63, 3.8) is 0 Å². The van der Waals surface area contributed by atoms with Crippen LogP contribution in [0.15, 0.2) is 28.2 Å². The number of hydrogen-bond donors (Lipinski definition) is 2. The Balaban J connectivity index is 1.45. The number of nitrogens with two attached hydrogens (primary N) is 2. The second kappa shape index (κ2) is 8.21. The number of ether oxygens (including phenoxy) is 1. The molecule has 1 aromatic carbocycles. The van der Waals surface area contributed by atoms with Crippen molar-refractivity contribution in [1.29, 1.82) is 0 Å². The molecular formula is C20H25F2N7O. The van der Waals surface area contributed by atoms with Crippen molar-refractivity contribution in [2.24, 2.45) is 28.5 Å². The van der Waals surface area contributed by atoms with Crippen LogP contribution in [0.3, 0.4) is 0 Å². The van der Waals surface area contributed by atoms with Gasteiger partial charge in [-0.15, -0.1) is 0 Å². The Morgan fingerprint density at radius 2 is 2.13 bits per heavy atom. The van der Waals surface area contributed by atoms with E-state index in [0.717, 1.165) is 29.6 Å². The molecule has 0 aliphatic carbocycles. The number of amidine groups is 1. The average molecular weight is 417 g/mol. The molecule has 1 saturated heterocycles. The molecule has 1 fully saturated rings. The first-order chi connectivity index (χ1) is 14.4. The minimum atomic E-state index is -0.664. The van der Waals surface area contributed by atoms with Gasteiger partial charge in [0.15, 0.2) is 11.7 Å². The number of imidazole rings is 1. The van der Waals surface area contributed by atoms with Gasteiger partial charge in [-0.2, -0.15) is 0 Å². The van der Waals surface area contributed by atoms with Gasteiger partial charge >= 0.3 is 0 Å². The summed E-state index contributed by atoms with van der Waals surface area (Å²) in [5.74, 6) is -0.0907. The van der Waals surface area contributed by atoms with E-state index in [0.29, 0.717) is 37.8 Å². The maximum atomic E-state index is 14.1. The van der Waals surface area contributed by atoms with Gasteiger partial charge in [0.2, 0.25) is 0 Å². The van der Waals surface area contributed by atoms with E-state index < -0.39 is 23.8 Å². The van der Waals surface area contributed by atoms with Gasteiger partial charge in [-0.1, -0.05) is 0 Å². The van der Waals surface area contributed by atoms with Gasteiger partial charge in [-0.3, -0.25) is 9.89 Å². The summed E-state index contributed by atoms with van der Waals surface area (Å²) < 4.78 is 35.5. The third-order valence-electron chi connectivity index (χ3n) is 5.73. The molecule has 0 saturated carbocycles. The molecule has 4 rings (SSSR count). The zero-order valence-corrected chi connectivity index (χ0v) is 16.9. The number of rotatable bonds is 4. The van der Waals surface area contributed by atoms with Crippen LogP contribution in [-0.2, 0) is 24.9 Å². The fourth-order valence-electron chi connectivity index (χ4n) is 4.17. The zero-order valence-electron chi connectivity index (χ0n) is 16.9. The molecule has 0 radical (unpaired) electrons. The van der Waals surface area contributed by atoms with E-state index in [1.165, 1.54) is 6.34 Å². The summed E-state index contributed by atoms with van der Waals surface area (Å²) in [6.07, 6.45) is 1.33. The van der Waals surface area contributed by atoms with Gasteiger partial charge in [0.1, 0.15) is 24.1 Å². The highest BCUT2D eigenvalue weighted by molar-refractivity contribution is 5.98. The Bertz CT molecular complexity index is 1000. The average Bonchev–Trinajstić information content (AvgIpc) is 3.28. The lowest BCUT2D eigenvalue weighted by Gasteiger charge is -2.38. The normalized spacial score (nSPS) is 25.2. The molecule has 8 nitrogen and oxygen atoms in total. The van der Waals surface area contributed by atoms with Crippen molar-refractivity contribution in [3.05, 3.63) is 52.6 Å². The van der Waals surface area contributed by atoms with E-state index in [-0.39, 0.29) is 11.6 Å². The summed E-state index contributed by atoms with van der Waals surface area (Å²) in [7, 11) is 3.53. The summed E-state index contributed by atoms with van der Waals surface area (Å²) in [5.41, 5.74) is 14.5. The first-order valence-electron chi connectivity index (χ1n) is 9.74. The van der Waals surface area contributed by atoms with Crippen LogP contribution in [0.25, 0.3) is 0 Å². The lowest BCUT2D eigenvalue weighted by atomic mass is 9.93. The number of fused-ring (bicyclic) bond motifs is 1. The highest BCUT2D eigenvalue weighted by atomic mass is 19.1. The number of benzene rings is 1. The molecule has 0 unspecified atom stereocenters. The molecule has 0 amide bonds. The van der Waals surface area contributed by atoms with E-state index in [1.54, 1.807) is 7.05 Å². The van der Waals surface area contributed by atoms with E-state index >= 15 is 0 Å². The Morgan fingerprint density at radius 1 is 1.33 bits per heavy atom. The van der Waals surface area contributed by atoms with Crippen molar-refractivity contribution in [1.82, 2.24) is 14.5 Å². The summed E-state index contributed by atoms with van der Waals surface area (Å²) in [6.45, 7) is 1.69. The van der Waals surface area contributed by atoms with Gasteiger partial charge in [0, 0.05) is 44.8 Å². The lowest BCUT2D eigenvalue weighted by Crippen LogP contribution is -2.48. The monoisotopic (exact) mass is 417 g/mol. The molecule has 3 heterocycles. The second-order valence-corrected chi connectivity index (χ2v) is 7.65. The van der Waals surface area contributed by atoms with Crippen LogP contribution in [-0.4, -0.2) is 52.4 Å². The number of hydrogen-bond acceptors (Lipinski definition) is 5. The van der Waals surface area contributed by atoms with Crippen LogP contribution in [0.2, 0.25) is 0 Å². The van der Waals surface area contributed by atoms with Crippen LogP contribution >= 0.6 is 0 Å². The van der Waals surface area contributed by atoms with Crippen LogP contribution in [0.1, 0.15) is 35.3 Å². The number of halogens is 2. The van der Waals surface area contributed by atoms with Gasteiger partial charge in [0.05, 0.1) is 18.0 Å². The number of aromatic nitrogens is 2. The molecule has 160 valence electrons. The zero-order chi connectivity index (χ0) is 21.4. The van der Waals surface area contributed by atoms with Crippen molar-refractivity contribution in [2.75, 3.05) is 13.7 Å². The van der Waals surface area contributed by atoms with Crippen LogP contribution in [0.4, 0.5) is 8.78 Å². The highest BCUT2D eigenvalue weighted by Gasteiger charge is 2.38. The van der Waals surface area contributed by atoms with E-state index in [2.05, 4.69) is 19.9 Å². The molecule has 1 aromatic heterocycles. The first kappa shape index (κ1) is 20.6. The minimum Gasteiger partial charge on any atom is -0.381 e. The molecular weight excluding hydrogens is 392 g/mol. The van der Waals surface area contributed by atoms with Crippen molar-refractivity contribution >= 4 is 12.2 Å². The second-order valence-electron chi connectivity index (χ2n) is 7.65. The van der Waals surface area contributed by atoms with Gasteiger partial charge in [-0.25, -0.2) is 18.8 Å². The smallest absolute Gasteiger partial charge is 0.176 e. The molecule has 2 aliphatic heterocycles. The van der Waals surface area contributed by atoms with Crippen LogP contribution in [0, 0.1) is 11.6 Å². The number of aliphatic imine (C=N–C) groups is 2. The van der Waals surface area contributed by atoms with E-state index in [9.17, 15) is 8.78 Å². The van der Waals surface area contributed by atoms with Gasteiger partial charge in [0.25, 0.3) is 0 Å².